The van der Waals surface area contributed by atoms with Crippen LogP contribution in [0.15, 0.2) is 59.5 Å². The van der Waals surface area contributed by atoms with Crippen molar-refractivity contribution in [2.24, 2.45) is 0 Å². The van der Waals surface area contributed by atoms with Crippen LogP contribution in [0.25, 0.3) is 0 Å². The summed E-state index contributed by atoms with van der Waals surface area (Å²) < 4.78 is 1.69. The third kappa shape index (κ3) is 4.66. The first kappa shape index (κ1) is 21.6. The average Bonchev–Trinajstić information content (AvgIpc) is 2.76. The zero-order chi connectivity index (χ0) is 22.0. The average molecular weight is 439 g/mol. The van der Waals surface area contributed by atoms with E-state index in [1.807, 2.05) is 49.4 Å². The van der Waals surface area contributed by atoms with Crippen molar-refractivity contribution in [1.29, 1.82) is 0 Å². The third-order valence-corrected chi connectivity index (χ3v) is 6.15. The molecule has 2 aromatic heterocycles. The van der Waals surface area contributed by atoms with Gasteiger partial charge < -0.3 is 14.6 Å². The fourth-order valence-electron chi connectivity index (χ4n) is 4.19. The topological polar surface area (TPSA) is 61.6 Å². The molecular formula is C24H27ClN4O2. The summed E-state index contributed by atoms with van der Waals surface area (Å²) in [6.07, 6.45) is 1.72. The molecule has 6 nitrogen and oxygen atoms in total. The highest BCUT2D eigenvalue weighted by Crippen LogP contribution is 2.34. The Morgan fingerprint density at radius 2 is 1.87 bits per heavy atom. The second-order valence-electron chi connectivity index (χ2n) is 8.09. The number of hydrogen-bond acceptors (Lipinski definition) is 5. The van der Waals surface area contributed by atoms with Gasteiger partial charge in [-0.3, -0.25) is 14.7 Å². The first-order valence-corrected chi connectivity index (χ1v) is 10.8. The van der Waals surface area contributed by atoms with E-state index in [0.717, 1.165) is 37.4 Å². The number of halogens is 1. The quantitative estimate of drug-likeness (QED) is 0.662. The lowest BCUT2D eigenvalue weighted by Gasteiger charge is -2.38. The zero-order valence-corrected chi connectivity index (χ0v) is 18.6. The molecule has 3 aromatic rings. The van der Waals surface area contributed by atoms with Crippen molar-refractivity contribution < 1.29 is 5.11 Å². The molecule has 1 N–H and O–H groups in total. The summed E-state index contributed by atoms with van der Waals surface area (Å²) in [6, 6.07) is 14.5. The van der Waals surface area contributed by atoms with E-state index >= 15 is 0 Å². The summed E-state index contributed by atoms with van der Waals surface area (Å²) in [6.45, 7) is 5.56. The highest BCUT2D eigenvalue weighted by molar-refractivity contribution is 6.30. The highest BCUT2D eigenvalue weighted by Gasteiger charge is 2.31. The van der Waals surface area contributed by atoms with Gasteiger partial charge >= 0.3 is 0 Å². The standard InChI is InChI=1S/C24H27ClN4O2/c1-17-14-21(30)22(24(31)29(17)16-20-8-3-4-9-26-20)23(18-6-5-7-19(25)15-18)28-12-10-27(2)11-13-28/h3-9,14-15,23,30H,10-13,16H2,1-2H3/t23-/m0/s1. The van der Waals surface area contributed by atoms with Crippen LogP contribution in [0.2, 0.25) is 5.02 Å². The number of piperazine rings is 1. The minimum absolute atomic E-state index is 0.0173. The number of hydrogen-bond donors (Lipinski definition) is 1. The van der Waals surface area contributed by atoms with Crippen LogP contribution in [-0.2, 0) is 6.54 Å². The molecular weight excluding hydrogens is 412 g/mol. The lowest BCUT2D eigenvalue weighted by atomic mass is 9.96. The Kier molecular flexibility index (Phi) is 6.41. The number of pyridine rings is 2. The van der Waals surface area contributed by atoms with Crippen molar-refractivity contribution in [2.75, 3.05) is 33.2 Å². The van der Waals surface area contributed by atoms with E-state index < -0.39 is 0 Å². The molecule has 31 heavy (non-hydrogen) atoms. The van der Waals surface area contributed by atoms with Crippen LogP contribution in [0.3, 0.4) is 0 Å². The largest absolute Gasteiger partial charge is 0.507 e. The maximum Gasteiger partial charge on any atom is 0.260 e. The fraction of sp³-hybridized carbons (Fsp3) is 0.333. The molecule has 0 spiro atoms. The lowest BCUT2D eigenvalue weighted by molar-refractivity contribution is 0.125. The monoisotopic (exact) mass is 438 g/mol. The lowest BCUT2D eigenvalue weighted by Crippen LogP contribution is -2.47. The van der Waals surface area contributed by atoms with E-state index in [-0.39, 0.29) is 17.4 Å². The number of aromatic nitrogens is 2. The SMILES string of the molecule is Cc1cc(O)c([C@H](c2cccc(Cl)c2)N2CCN(C)CC2)c(=O)n1Cc1ccccn1. The molecule has 3 heterocycles. The van der Waals surface area contributed by atoms with Gasteiger partial charge in [-0.25, -0.2) is 0 Å². The third-order valence-electron chi connectivity index (χ3n) is 5.91. The molecule has 0 unspecified atom stereocenters. The minimum atomic E-state index is -0.379. The summed E-state index contributed by atoms with van der Waals surface area (Å²) in [4.78, 5) is 22.6. The second kappa shape index (κ2) is 9.22. The van der Waals surface area contributed by atoms with Crippen molar-refractivity contribution in [3.8, 4) is 5.75 Å². The van der Waals surface area contributed by atoms with E-state index in [1.54, 1.807) is 16.8 Å². The Hall–Kier alpha value is -2.67. The number of nitrogens with zero attached hydrogens (tertiary/aromatic N) is 4. The molecule has 0 bridgehead atoms. The fourth-order valence-corrected chi connectivity index (χ4v) is 4.39. The zero-order valence-electron chi connectivity index (χ0n) is 17.8. The maximum absolute atomic E-state index is 13.7. The number of likely N-dealkylation sites (N-methyl/N-ethyl adjacent to an activating group) is 1. The van der Waals surface area contributed by atoms with Crippen LogP contribution < -0.4 is 5.56 Å². The van der Waals surface area contributed by atoms with Crippen molar-refractivity contribution in [3.63, 3.8) is 0 Å². The number of aromatic hydroxyl groups is 1. The second-order valence-corrected chi connectivity index (χ2v) is 8.53. The molecule has 1 aliphatic heterocycles. The minimum Gasteiger partial charge on any atom is -0.507 e. The molecule has 7 heteroatoms. The molecule has 0 aliphatic carbocycles. The van der Waals surface area contributed by atoms with E-state index in [0.29, 0.717) is 22.8 Å². The molecule has 0 radical (unpaired) electrons. The van der Waals surface area contributed by atoms with Gasteiger partial charge in [-0.2, -0.15) is 0 Å². The molecule has 1 atom stereocenters. The maximum atomic E-state index is 13.7. The summed E-state index contributed by atoms with van der Waals surface area (Å²) >= 11 is 6.30. The number of benzene rings is 1. The van der Waals surface area contributed by atoms with Gasteiger partial charge in [0, 0.05) is 43.1 Å². The van der Waals surface area contributed by atoms with Crippen LogP contribution in [0.4, 0.5) is 0 Å². The van der Waals surface area contributed by atoms with Crippen LogP contribution in [0.1, 0.15) is 28.6 Å². The van der Waals surface area contributed by atoms with Gasteiger partial charge in [0.1, 0.15) is 5.75 Å². The van der Waals surface area contributed by atoms with E-state index in [2.05, 4.69) is 21.8 Å². The molecule has 162 valence electrons. The first-order chi connectivity index (χ1) is 14.9. The molecule has 1 fully saturated rings. The van der Waals surface area contributed by atoms with Crippen molar-refractivity contribution in [3.05, 3.63) is 92.6 Å². The summed E-state index contributed by atoms with van der Waals surface area (Å²) in [5, 5.41) is 11.6. The van der Waals surface area contributed by atoms with E-state index in [1.165, 1.54) is 0 Å². The van der Waals surface area contributed by atoms with Gasteiger partial charge in [-0.1, -0.05) is 29.8 Å². The smallest absolute Gasteiger partial charge is 0.260 e. The van der Waals surface area contributed by atoms with Crippen LogP contribution >= 0.6 is 11.6 Å². The Morgan fingerprint density at radius 1 is 1.10 bits per heavy atom. The Bertz CT molecular complexity index is 1110. The summed E-state index contributed by atoms with van der Waals surface area (Å²) in [7, 11) is 2.09. The Labute approximate surface area is 187 Å². The van der Waals surface area contributed by atoms with Crippen molar-refractivity contribution in [2.45, 2.75) is 19.5 Å². The normalized spacial score (nSPS) is 16.4. The van der Waals surface area contributed by atoms with Crippen LogP contribution in [0, 0.1) is 6.92 Å². The van der Waals surface area contributed by atoms with Crippen LogP contribution in [-0.4, -0.2) is 57.7 Å². The molecule has 0 saturated carbocycles. The van der Waals surface area contributed by atoms with E-state index in [9.17, 15) is 9.90 Å². The van der Waals surface area contributed by atoms with Crippen molar-refractivity contribution >= 4 is 11.6 Å². The molecule has 0 amide bonds. The van der Waals surface area contributed by atoms with Crippen LogP contribution in [0.5, 0.6) is 5.75 Å². The Morgan fingerprint density at radius 3 is 2.55 bits per heavy atom. The molecule has 1 aliphatic rings. The van der Waals surface area contributed by atoms with Gasteiger partial charge in [0.05, 0.1) is 23.8 Å². The highest BCUT2D eigenvalue weighted by atomic mass is 35.5. The predicted octanol–water partition coefficient (Wildman–Crippen LogP) is 3.30. The first-order valence-electron chi connectivity index (χ1n) is 10.5. The Balaban J connectivity index is 1.84. The van der Waals surface area contributed by atoms with Gasteiger partial charge in [-0.15, -0.1) is 0 Å². The van der Waals surface area contributed by atoms with E-state index in [4.69, 9.17) is 11.6 Å². The number of aryl methyl sites for hydroxylation is 1. The van der Waals surface area contributed by atoms with Crippen molar-refractivity contribution in [1.82, 2.24) is 19.4 Å². The van der Waals surface area contributed by atoms with Gasteiger partial charge in [0.25, 0.3) is 5.56 Å². The molecule has 1 aromatic carbocycles. The van der Waals surface area contributed by atoms with Gasteiger partial charge in [-0.05, 0) is 49.9 Å². The predicted molar refractivity (Wildman–Crippen MR) is 123 cm³/mol. The summed E-state index contributed by atoms with van der Waals surface area (Å²) in [5.41, 5.74) is 2.57. The molecule has 4 rings (SSSR count). The van der Waals surface area contributed by atoms with Gasteiger partial charge in [0.2, 0.25) is 0 Å². The summed E-state index contributed by atoms with van der Waals surface area (Å²) in [5.74, 6) is 0.0173. The van der Waals surface area contributed by atoms with Gasteiger partial charge in [0.15, 0.2) is 0 Å². The molecule has 1 saturated heterocycles. The number of rotatable bonds is 5.